The van der Waals surface area contributed by atoms with Gasteiger partial charge in [-0.2, -0.15) is 0 Å². The maximum absolute atomic E-state index is 12.1. The molecule has 0 radical (unpaired) electrons. The van der Waals surface area contributed by atoms with Gasteiger partial charge in [0.1, 0.15) is 0 Å². The molecule has 144 valence electrons. The third-order valence-electron chi connectivity index (χ3n) is 4.62. The van der Waals surface area contributed by atoms with E-state index >= 15 is 0 Å². The Morgan fingerprint density at radius 3 is 2.60 bits per heavy atom. The molecule has 5 nitrogen and oxygen atoms in total. The first kappa shape index (κ1) is 24.1. The molecule has 2 rings (SSSR count). The Morgan fingerprint density at radius 2 is 2.04 bits per heavy atom. The summed E-state index contributed by atoms with van der Waals surface area (Å²) in [4.78, 5) is 14.5. The second kappa shape index (κ2) is 12.5. The average molecular weight is 392 g/mol. The predicted molar refractivity (Wildman–Crippen MR) is 106 cm³/mol. The van der Waals surface area contributed by atoms with Crippen LogP contribution < -0.4 is 11.1 Å². The Hall–Kier alpha value is -0.850. The molecule has 0 saturated carbocycles. The highest BCUT2D eigenvalue weighted by molar-refractivity contribution is 5.85. The number of methoxy groups -OCH3 is 1. The minimum Gasteiger partial charge on any atom is -0.380 e. The van der Waals surface area contributed by atoms with Gasteiger partial charge < -0.3 is 15.8 Å². The number of ether oxygens (including phenoxy) is 1. The minimum absolute atomic E-state index is 0. The van der Waals surface area contributed by atoms with Crippen LogP contribution in [0.1, 0.15) is 31.7 Å². The number of amides is 1. The molecule has 1 amide bonds. The van der Waals surface area contributed by atoms with Crippen LogP contribution in [0.5, 0.6) is 0 Å². The molecule has 1 heterocycles. The Kier molecular flexibility index (Phi) is 12.1. The van der Waals surface area contributed by atoms with Crippen molar-refractivity contribution < 1.29 is 9.53 Å². The second-order valence-corrected chi connectivity index (χ2v) is 6.39. The molecule has 0 aliphatic carbocycles. The van der Waals surface area contributed by atoms with Crippen LogP contribution in [-0.4, -0.2) is 49.2 Å². The van der Waals surface area contributed by atoms with Gasteiger partial charge in [0.05, 0.1) is 12.5 Å². The van der Waals surface area contributed by atoms with Gasteiger partial charge in [0.15, 0.2) is 0 Å². The van der Waals surface area contributed by atoms with Crippen molar-refractivity contribution in [1.29, 1.82) is 0 Å². The summed E-state index contributed by atoms with van der Waals surface area (Å²) in [6.45, 7) is 4.59. The third kappa shape index (κ3) is 7.92. The van der Waals surface area contributed by atoms with E-state index < -0.39 is 0 Å². The van der Waals surface area contributed by atoms with Gasteiger partial charge in [0.2, 0.25) is 5.91 Å². The number of hydrogen-bond acceptors (Lipinski definition) is 4. The Bertz CT molecular complexity index is 486. The number of halogens is 2. The van der Waals surface area contributed by atoms with Gasteiger partial charge in [-0.25, -0.2) is 0 Å². The number of piperidine rings is 1. The first-order chi connectivity index (χ1) is 11.1. The van der Waals surface area contributed by atoms with Gasteiger partial charge >= 0.3 is 0 Å². The highest BCUT2D eigenvalue weighted by Gasteiger charge is 2.26. The molecule has 3 atom stereocenters. The molecule has 25 heavy (non-hydrogen) atoms. The summed E-state index contributed by atoms with van der Waals surface area (Å²) in [7, 11) is 1.59. The number of nitrogens with one attached hydrogen (secondary N) is 1. The van der Waals surface area contributed by atoms with Crippen LogP contribution in [0, 0.1) is 0 Å². The molecule has 7 heteroatoms. The summed E-state index contributed by atoms with van der Waals surface area (Å²) >= 11 is 0. The number of carbonyl (C=O) groups excluding carboxylic acids is 1. The van der Waals surface area contributed by atoms with Crippen molar-refractivity contribution in [2.24, 2.45) is 5.73 Å². The average Bonchev–Trinajstić information content (AvgIpc) is 2.56. The highest BCUT2D eigenvalue weighted by atomic mass is 35.5. The van der Waals surface area contributed by atoms with Crippen molar-refractivity contribution in [2.45, 2.75) is 50.9 Å². The summed E-state index contributed by atoms with van der Waals surface area (Å²) in [6, 6.07) is 11.2. The second-order valence-electron chi connectivity index (χ2n) is 6.39. The molecule has 1 aromatic carbocycles. The van der Waals surface area contributed by atoms with Crippen LogP contribution in [-0.2, 0) is 16.1 Å². The van der Waals surface area contributed by atoms with E-state index in [0.29, 0.717) is 19.0 Å². The number of hydrogen-bond donors (Lipinski definition) is 2. The monoisotopic (exact) mass is 391 g/mol. The van der Waals surface area contributed by atoms with E-state index in [9.17, 15) is 4.79 Å². The van der Waals surface area contributed by atoms with Gasteiger partial charge in [0.25, 0.3) is 0 Å². The maximum Gasteiger partial charge on any atom is 0.222 e. The predicted octanol–water partition coefficient (Wildman–Crippen LogP) is 2.36. The number of nitrogens with zero attached hydrogens (tertiary/aromatic N) is 1. The van der Waals surface area contributed by atoms with Crippen LogP contribution in [0.2, 0.25) is 0 Å². The van der Waals surface area contributed by atoms with Gasteiger partial charge in [0, 0.05) is 38.8 Å². The van der Waals surface area contributed by atoms with Crippen molar-refractivity contribution in [2.75, 3.05) is 20.2 Å². The zero-order valence-electron chi connectivity index (χ0n) is 15.0. The summed E-state index contributed by atoms with van der Waals surface area (Å²) in [6.07, 6.45) is 2.12. The maximum atomic E-state index is 12.1. The summed E-state index contributed by atoms with van der Waals surface area (Å²) in [5.74, 6) is 0.0380. The van der Waals surface area contributed by atoms with E-state index in [1.165, 1.54) is 5.56 Å². The van der Waals surface area contributed by atoms with E-state index in [2.05, 4.69) is 41.4 Å². The standard InChI is InChI=1S/C18H29N3O2.2ClH/c1-14-10-16(20-18(22)11-17(12-19)23-2)8-9-21(14)13-15-6-4-3-5-7-15;;/h3-7,14,16-17H,8-13,19H2,1-2H3,(H,20,22);2*1H. The molecule has 1 saturated heterocycles. The van der Waals surface area contributed by atoms with Crippen molar-refractivity contribution in [3.05, 3.63) is 35.9 Å². The SMILES string of the molecule is COC(CN)CC(=O)NC1CCN(Cc2ccccc2)C(C)C1.Cl.Cl. The lowest BCUT2D eigenvalue weighted by Crippen LogP contribution is -2.49. The van der Waals surface area contributed by atoms with Crippen LogP contribution >= 0.6 is 24.8 Å². The molecule has 1 aliphatic rings. The fraction of sp³-hybridized carbons (Fsp3) is 0.611. The van der Waals surface area contributed by atoms with Gasteiger partial charge in [-0.1, -0.05) is 30.3 Å². The van der Waals surface area contributed by atoms with Crippen LogP contribution in [0.4, 0.5) is 0 Å². The fourth-order valence-electron chi connectivity index (χ4n) is 3.16. The van der Waals surface area contributed by atoms with Gasteiger partial charge in [-0.15, -0.1) is 24.8 Å². The van der Waals surface area contributed by atoms with Crippen LogP contribution in [0.15, 0.2) is 30.3 Å². The lowest BCUT2D eigenvalue weighted by molar-refractivity contribution is -0.124. The topological polar surface area (TPSA) is 67.6 Å². The zero-order chi connectivity index (χ0) is 16.7. The van der Waals surface area contributed by atoms with Crippen LogP contribution in [0.25, 0.3) is 0 Å². The van der Waals surface area contributed by atoms with E-state index in [-0.39, 0.29) is 42.9 Å². The first-order valence-electron chi connectivity index (χ1n) is 8.42. The fourth-order valence-corrected chi connectivity index (χ4v) is 3.16. The Labute approximate surface area is 163 Å². The normalized spacial score (nSPS) is 21.6. The summed E-state index contributed by atoms with van der Waals surface area (Å²) in [5, 5.41) is 3.13. The summed E-state index contributed by atoms with van der Waals surface area (Å²) < 4.78 is 5.17. The third-order valence-corrected chi connectivity index (χ3v) is 4.62. The molecule has 1 fully saturated rings. The van der Waals surface area contributed by atoms with Gasteiger partial charge in [-0.05, 0) is 25.3 Å². The van der Waals surface area contributed by atoms with Crippen molar-refractivity contribution >= 4 is 30.7 Å². The van der Waals surface area contributed by atoms with Crippen molar-refractivity contribution in [3.63, 3.8) is 0 Å². The lowest BCUT2D eigenvalue weighted by Gasteiger charge is -2.38. The van der Waals surface area contributed by atoms with E-state index in [1.807, 2.05) is 6.07 Å². The molecule has 0 spiro atoms. The highest BCUT2D eigenvalue weighted by Crippen LogP contribution is 2.20. The number of carbonyl (C=O) groups is 1. The van der Waals surface area contributed by atoms with Crippen LogP contribution in [0.3, 0.4) is 0 Å². The molecule has 1 aromatic rings. The quantitative estimate of drug-likeness (QED) is 0.748. The minimum atomic E-state index is -0.189. The molecule has 1 aliphatic heterocycles. The largest absolute Gasteiger partial charge is 0.380 e. The molecular formula is C18H31Cl2N3O2. The molecular weight excluding hydrogens is 361 g/mol. The molecule has 0 aromatic heterocycles. The number of rotatable bonds is 7. The zero-order valence-corrected chi connectivity index (χ0v) is 16.7. The summed E-state index contributed by atoms with van der Waals surface area (Å²) in [5.41, 5.74) is 6.91. The van der Waals surface area contributed by atoms with E-state index in [4.69, 9.17) is 10.5 Å². The number of benzene rings is 1. The van der Waals surface area contributed by atoms with E-state index in [1.54, 1.807) is 7.11 Å². The molecule has 0 bridgehead atoms. The Morgan fingerprint density at radius 1 is 1.36 bits per heavy atom. The lowest BCUT2D eigenvalue weighted by atomic mass is 9.97. The smallest absolute Gasteiger partial charge is 0.222 e. The van der Waals surface area contributed by atoms with Crippen molar-refractivity contribution in [3.8, 4) is 0 Å². The number of nitrogens with two attached hydrogens (primary N) is 1. The van der Waals surface area contributed by atoms with Gasteiger partial charge in [-0.3, -0.25) is 9.69 Å². The Balaban J connectivity index is 0.00000288. The van der Waals surface area contributed by atoms with Crippen molar-refractivity contribution in [1.82, 2.24) is 10.2 Å². The molecule has 3 unspecified atom stereocenters. The molecule has 3 N–H and O–H groups in total. The van der Waals surface area contributed by atoms with E-state index in [0.717, 1.165) is 25.9 Å². The number of likely N-dealkylation sites (tertiary alicyclic amines) is 1. The first-order valence-corrected chi connectivity index (χ1v) is 8.42.